The number of halogens is 1. The first-order valence-electron chi connectivity index (χ1n) is 9.72. The molecule has 1 saturated heterocycles. The number of morpholine rings is 1. The maximum absolute atomic E-state index is 13.8. The number of rotatable bonds is 9. The van der Waals surface area contributed by atoms with E-state index >= 15 is 0 Å². The molecule has 0 aliphatic carbocycles. The number of ether oxygens (including phenoxy) is 2. The highest BCUT2D eigenvalue weighted by molar-refractivity contribution is 5.28. The molecule has 0 spiro atoms. The van der Waals surface area contributed by atoms with E-state index < -0.39 is 6.10 Å². The van der Waals surface area contributed by atoms with Crippen LogP contribution in [0.15, 0.2) is 48.5 Å². The van der Waals surface area contributed by atoms with E-state index in [9.17, 15) is 9.50 Å². The second-order valence-corrected chi connectivity index (χ2v) is 7.29. The average molecular weight is 388 g/mol. The molecule has 0 saturated carbocycles. The van der Waals surface area contributed by atoms with E-state index in [2.05, 4.69) is 9.80 Å². The molecule has 5 nitrogen and oxygen atoms in total. The molecule has 1 atom stereocenters. The van der Waals surface area contributed by atoms with Crippen molar-refractivity contribution in [3.05, 3.63) is 65.5 Å². The first kappa shape index (κ1) is 20.7. The van der Waals surface area contributed by atoms with Crippen molar-refractivity contribution in [1.29, 1.82) is 0 Å². The van der Waals surface area contributed by atoms with E-state index in [1.807, 2.05) is 37.4 Å². The van der Waals surface area contributed by atoms with Gasteiger partial charge in [-0.05, 0) is 30.8 Å². The van der Waals surface area contributed by atoms with Gasteiger partial charge in [-0.1, -0.05) is 30.3 Å². The SMILES string of the molecule is CN(Cc1cccc(OC[C@H](O)CN2CCOCC2)c1)Cc1ccccc1F. The van der Waals surface area contributed by atoms with Gasteiger partial charge in [-0.25, -0.2) is 4.39 Å². The molecule has 1 heterocycles. The quantitative estimate of drug-likeness (QED) is 0.715. The molecule has 152 valence electrons. The van der Waals surface area contributed by atoms with Crippen LogP contribution in [0.2, 0.25) is 0 Å². The summed E-state index contributed by atoms with van der Waals surface area (Å²) < 4.78 is 24.9. The number of aliphatic hydroxyl groups excluding tert-OH is 1. The summed E-state index contributed by atoms with van der Waals surface area (Å²) in [6.07, 6.45) is -0.537. The summed E-state index contributed by atoms with van der Waals surface area (Å²) in [5.41, 5.74) is 1.77. The summed E-state index contributed by atoms with van der Waals surface area (Å²) in [6, 6.07) is 14.7. The Labute approximate surface area is 166 Å². The predicted octanol–water partition coefficient (Wildman–Crippen LogP) is 2.53. The van der Waals surface area contributed by atoms with E-state index in [0.29, 0.717) is 25.2 Å². The van der Waals surface area contributed by atoms with Crippen molar-refractivity contribution < 1.29 is 19.0 Å². The van der Waals surface area contributed by atoms with Crippen LogP contribution in [-0.4, -0.2) is 67.5 Å². The van der Waals surface area contributed by atoms with Crippen molar-refractivity contribution in [3.63, 3.8) is 0 Å². The fourth-order valence-corrected chi connectivity index (χ4v) is 3.35. The average Bonchev–Trinajstić information content (AvgIpc) is 2.69. The van der Waals surface area contributed by atoms with E-state index in [4.69, 9.17) is 9.47 Å². The molecule has 2 aromatic rings. The van der Waals surface area contributed by atoms with Gasteiger partial charge in [0, 0.05) is 38.3 Å². The number of β-amino-alcohol motifs (C(OH)–C–C–N with tert-alkyl or cyclic N) is 1. The van der Waals surface area contributed by atoms with Gasteiger partial charge in [0.1, 0.15) is 24.3 Å². The third-order valence-corrected chi connectivity index (χ3v) is 4.76. The Morgan fingerprint density at radius 2 is 1.93 bits per heavy atom. The van der Waals surface area contributed by atoms with Gasteiger partial charge in [0.25, 0.3) is 0 Å². The van der Waals surface area contributed by atoms with Gasteiger partial charge in [-0.15, -0.1) is 0 Å². The molecule has 1 fully saturated rings. The molecule has 3 rings (SSSR count). The number of hydrogen-bond donors (Lipinski definition) is 1. The summed E-state index contributed by atoms with van der Waals surface area (Å²) in [7, 11) is 1.96. The molecular weight excluding hydrogens is 359 g/mol. The van der Waals surface area contributed by atoms with Crippen LogP contribution < -0.4 is 4.74 Å². The van der Waals surface area contributed by atoms with Gasteiger partial charge in [0.05, 0.1) is 13.2 Å². The Morgan fingerprint density at radius 1 is 1.14 bits per heavy atom. The van der Waals surface area contributed by atoms with Gasteiger partial charge in [-0.2, -0.15) is 0 Å². The maximum atomic E-state index is 13.8. The number of benzene rings is 2. The van der Waals surface area contributed by atoms with Crippen LogP contribution in [-0.2, 0) is 17.8 Å². The first-order valence-corrected chi connectivity index (χ1v) is 9.72. The molecule has 1 N–H and O–H groups in total. The van der Waals surface area contributed by atoms with Crippen molar-refractivity contribution in [3.8, 4) is 5.75 Å². The Kier molecular flexibility index (Phi) is 7.80. The van der Waals surface area contributed by atoms with Crippen LogP contribution in [0.5, 0.6) is 5.75 Å². The van der Waals surface area contributed by atoms with Crippen LogP contribution in [0, 0.1) is 5.82 Å². The van der Waals surface area contributed by atoms with Crippen LogP contribution in [0.25, 0.3) is 0 Å². The van der Waals surface area contributed by atoms with Crippen molar-refractivity contribution in [2.75, 3.05) is 46.5 Å². The Hall–Kier alpha value is -1.99. The zero-order chi connectivity index (χ0) is 19.8. The fraction of sp³-hybridized carbons (Fsp3) is 0.455. The first-order chi connectivity index (χ1) is 13.6. The number of hydrogen-bond acceptors (Lipinski definition) is 5. The van der Waals surface area contributed by atoms with Crippen molar-refractivity contribution in [2.45, 2.75) is 19.2 Å². The van der Waals surface area contributed by atoms with E-state index in [1.54, 1.807) is 12.1 Å². The van der Waals surface area contributed by atoms with Gasteiger partial charge >= 0.3 is 0 Å². The molecule has 0 aromatic heterocycles. The minimum absolute atomic E-state index is 0.180. The van der Waals surface area contributed by atoms with Crippen LogP contribution in [0.4, 0.5) is 4.39 Å². The number of nitrogens with zero attached hydrogens (tertiary/aromatic N) is 2. The largest absolute Gasteiger partial charge is 0.491 e. The molecule has 2 aromatic carbocycles. The topological polar surface area (TPSA) is 45.2 Å². The lowest BCUT2D eigenvalue weighted by Gasteiger charge is -2.28. The van der Waals surface area contributed by atoms with E-state index in [-0.39, 0.29) is 12.4 Å². The standard InChI is InChI=1S/C22H29FN2O3/c1-24(15-19-6-2-3-8-22(19)23)14-18-5-4-7-21(13-18)28-17-20(26)16-25-9-11-27-12-10-25/h2-8,13,20,26H,9-12,14-17H2,1H3/t20-/m1/s1. The van der Waals surface area contributed by atoms with Gasteiger partial charge in [-0.3, -0.25) is 9.80 Å². The Balaban J connectivity index is 1.47. The lowest BCUT2D eigenvalue weighted by Crippen LogP contribution is -2.42. The molecule has 6 heteroatoms. The van der Waals surface area contributed by atoms with Crippen LogP contribution in [0.3, 0.4) is 0 Å². The fourth-order valence-electron chi connectivity index (χ4n) is 3.35. The molecular formula is C22H29FN2O3. The summed E-state index contributed by atoms with van der Waals surface area (Å²) in [5, 5.41) is 10.2. The highest BCUT2D eigenvalue weighted by atomic mass is 19.1. The smallest absolute Gasteiger partial charge is 0.127 e. The van der Waals surface area contributed by atoms with Crippen molar-refractivity contribution in [1.82, 2.24) is 9.80 Å². The Bertz CT molecular complexity index is 737. The second kappa shape index (κ2) is 10.5. The summed E-state index contributed by atoms with van der Waals surface area (Å²) >= 11 is 0. The highest BCUT2D eigenvalue weighted by Gasteiger charge is 2.15. The van der Waals surface area contributed by atoms with Gasteiger partial charge < -0.3 is 14.6 Å². The van der Waals surface area contributed by atoms with E-state index in [0.717, 1.165) is 37.6 Å². The zero-order valence-corrected chi connectivity index (χ0v) is 16.4. The molecule has 0 bridgehead atoms. The molecule has 0 unspecified atom stereocenters. The second-order valence-electron chi connectivity index (χ2n) is 7.29. The lowest BCUT2D eigenvalue weighted by molar-refractivity contribution is 0.00464. The minimum atomic E-state index is -0.537. The monoisotopic (exact) mass is 388 g/mol. The molecule has 0 radical (unpaired) electrons. The van der Waals surface area contributed by atoms with Crippen molar-refractivity contribution in [2.24, 2.45) is 0 Å². The zero-order valence-electron chi connectivity index (χ0n) is 16.4. The predicted molar refractivity (Wildman–Crippen MR) is 107 cm³/mol. The highest BCUT2D eigenvalue weighted by Crippen LogP contribution is 2.17. The maximum Gasteiger partial charge on any atom is 0.127 e. The summed E-state index contributed by atoms with van der Waals surface area (Å²) in [4.78, 5) is 4.25. The summed E-state index contributed by atoms with van der Waals surface area (Å²) in [5.74, 6) is 0.554. The third kappa shape index (κ3) is 6.56. The number of aliphatic hydroxyl groups is 1. The van der Waals surface area contributed by atoms with Gasteiger partial charge in [0.15, 0.2) is 0 Å². The van der Waals surface area contributed by atoms with E-state index in [1.165, 1.54) is 6.07 Å². The molecule has 1 aliphatic heterocycles. The third-order valence-electron chi connectivity index (χ3n) is 4.76. The van der Waals surface area contributed by atoms with Crippen molar-refractivity contribution >= 4 is 0 Å². The van der Waals surface area contributed by atoms with Crippen LogP contribution in [0.1, 0.15) is 11.1 Å². The molecule has 0 amide bonds. The molecule has 1 aliphatic rings. The van der Waals surface area contributed by atoms with Crippen LogP contribution >= 0.6 is 0 Å². The normalized spacial score (nSPS) is 16.3. The molecule has 28 heavy (non-hydrogen) atoms. The lowest BCUT2D eigenvalue weighted by atomic mass is 10.1. The minimum Gasteiger partial charge on any atom is -0.491 e. The van der Waals surface area contributed by atoms with Gasteiger partial charge in [0.2, 0.25) is 0 Å². The summed E-state index contributed by atoms with van der Waals surface area (Å²) in [6.45, 7) is 5.20. The Morgan fingerprint density at radius 3 is 2.71 bits per heavy atom.